The highest BCUT2D eigenvalue weighted by molar-refractivity contribution is 5.75. The fourth-order valence-electron chi connectivity index (χ4n) is 0.910. The molecule has 0 aromatic heterocycles. The minimum Gasteiger partial charge on any atom is -0.461 e. The average molecular weight is 201 g/mol. The number of amides is 1. The van der Waals surface area contributed by atoms with Crippen LogP contribution in [0, 0.1) is 5.41 Å². The molecule has 1 N–H and O–H groups in total. The number of esters is 1. The van der Waals surface area contributed by atoms with E-state index in [0.29, 0.717) is 6.54 Å². The van der Waals surface area contributed by atoms with Gasteiger partial charge in [0, 0.05) is 0 Å². The molecule has 0 bridgehead atoms. The minimum atomic E-state index is -0.518. The first-order valence-electron chi connectivity index (χ1n) is 4.51. The van der Waals surface area contributed by atoms with Crippen LogP contribution in [0.2, 0.25) is 0 Å². The summed E-state index contributed by atoms with van der Waals surface area (Å²) in [5, 5.41) is 2.48. The fraction of sp³-hybridized carbons (Fsp3) is 0.778. The molecule has 5 nitrogen and oxygen atoms in total. The molecule has 0 saturated carbocycles. The number of ether oxygens (including phenoxy) is 2. The molecule has 80 valence electrons. The van der Waals surface area contributed by atoms with Crippen molar-refractivity contribution in [2.24, 2.45) is 5.41 Å². The SMILES string of the molecule is CC(C)(C)C(=O)OCC1CNC(=O)O1. The Balaban J connectivity index is 2.28. The first-order valence-corrected chi connectivity index (χ1v) is 4.51. The molecular formula is C9H15NO4. The normalized spacial score (nSPS) is 21.4. The molecule has 0 spiro atoms. The predicted octanol–water partition coefficient (Wildman–Crippen LogP) is 0.684. The highest BCUT2D eigenvalue weighted by Crippen LogP contribution is 2.15. The van der Waals surface area contributed by atoms with Crippen molar-refractivity contribution in [3.05, 3.63) is 0 Å². The maximum atomic E-state index is 11.3. The van der Waals surface area contributed by atoms with Gasteiger partial charge >= 0.3 is 12.1 Å². The third kappa shape index (κ3) is 2.90. The fourth-order valence-corrected chi connectivity index (χ4v) is 0.910. The smallest absolute Gasteiger partial charge is 0.407 e. The van der Waals surface area contributed by atoms with Gasteiger partial charge in [0.25, 0.3) is 0 Å². The van der Waals surface area contributed by atoms with Gasteiger partial charge in [-0.25, -0.2) is 4.79 Å². The van der Waals surface area contributed by atoms with Crippen molar-refractivity contribution in [1.29, 1.82) is 0 Å². The van der Waals surface area contributed by atoms with E-state index >= 15 is 0 Å². The standard InChI is InChI=1S/C9H15NO4/c1-9(2,3)7(11)13-5-6-4-10-8(12)14-6/h6H,4-5H2,1-3H3,(H,10,12). The van der Waals surface area contributed by atoms with Gasteiger partial charge < -0.3 is 14.8 Å². The van der Waals surface area contributed by atoms with Gasteiger partial charge in [0.1, 0.15) is 6.61 Å². The average Bonchev–Trinajstić information content (AvgIpc) is 2.45. The van der Waals surface area contributed by atoms with Crippen LogP contribution < -0.4 is 5.32 Å². The van der Waals surface area contributed by atoms with Crippen LogP contribution in [0.1, 0.15) is 20.8 Å². The zero-order valence-corrected chi connectivity index (χ0v) is 8.62. The van der Waals surface area contributed by atoms with Crippen LogP contribution >= 0.6 is 0 Å². The number of hydrogen-bond donors (Lipinski definition) is 1. The summed E-state index contributed by atoms with van der Waals surface area (Å²) in [6.07, 6.45) is -0.810. The Kier molecular flexibility index (Phi) is 2.98. The van der Waals surface area contributed by atoms with E-state index in [1.807, 2.05) is 0 Å². The van der Waals surface area contributed by atoms with E-state index in [9.17, 15) is 9.59 Å². The van der Waals surface area contributed by atoms with Crippen molar-refractivity contribution in [2.75, 3.05) is 13.2 Å². The molecular weight excluding hydrogens is 186 g/mol. The Labute approximate surface area is 82.8 Å². The number of alkyl carbamates (subject to hydrolysis) is 1. The van der Waals surface area contributed by atoms with E-state index in [2.05, 4.69) is 5.32 Å². The quantitative estimate of drug-likeness (QED) is 0.667. The van der Waals surface area contributed by atoms with Crippen molar-refractivity contribution >= 4 is 12.1 Å². The van der Waals surface area contributed by atoms with Gasteiger partial charge in [-0.3, -0.25) is 4.79 Å². The second-order valence-electron chi connectivity index (χ2n) is 4.26. The van der Waals surface area contributed by atoms with Gasteiger partial charge in [-0.2, -0.15) is 0 Å². The van der Waals surface area contributed by atoms with E-state index in [1.54, 1.807) is 20.8 Å². The maximum Gasteiger partial charge on any atom is 0.407 e. The van der Waals surface area contributed by atoms with Gasteiger partial charge in [-0.15, -0.1) is 0 Å². The largest absolute Gasteiger partial charge is 0.461 e. The van der Waals surface area contributed by atoms with Crippen molar-refractivity contribution in [3.8, 4) is 0 Å². The summed E-state index contributed by atoms with van der Waals surface area (Å²) >= 11 is 0. The Morgan fingerprint density at radius 3 is 2.71 bits per heavy atom. The molecule has 1 unspecified atom stereocenters. The molecule has 14 heavy (non-hydrogen) atoms. The number of cyclic esters (lactones) is 1. The Morgan fingerprint density at radius 2 is 2.29 bits per heavy atom. The van der Waals surface area contributed by atoms with Crippen molar-refractivity contribution in [1.82, 2.24) is 5.32 Å². The zero-order chi connectivity index (χ0) is 10.8. The number of carbonyl (C=O) groups excluding carboxylic acids is 2. The summed E-state index contributed by atoms with van der Waals surface area (Å²) in [7, 11) is 0. The number of carbonyl (C=O) groups is 2. The monoisotopic (exact) mass is 201 g/mol. The van der Waals surface area contributed by atoms with Crippen LogP contribution in [0.5, 0.6) is 0 Å². The summed E-state index contributed by atoms with van der Waals surface area (Å²) < 4.78 is 9.78. The molecule has 0 aliphatic carbocycles. The van der Waals surface area contributed by atoms with Crippen molar-refractivity contribution in [2.45, 2.75) is 26.9 Å². The lowest BCUT2D eigenvalue weighted by molar-refractivity contribution is -0.155. The van der Waals surface area contributed by atoms with E-state index in [4.69, 9.17) is 9.47 Å². The second kappa shape index (κ2) is 3.86. The molecule has 1 amide bonds. The molecule has 1 aliphatic rings. The first kappa shape index (κ1) is 10.8. The molecule has 1 saturated heterocycles. The van der Waals surface area contributed by atoms with E-state index in [-0.39, 0.29) is 18.7 Å². The summed E-state index contributed by atoms with van der Waals surface area (Å²) in [5.74, 6) is -0.291. The minimum absolute atomic E-state index is 0.120. The predicted molar refractivity (Wildman–Crippen MR) is 48.7 cm³/mol. The van der Waals surface area contributed by atoms with Gasteiger partial charge in [0.15, 0.2) is 6.10 Å². The maximum absolute atomic E-state index is 11.3. The molecule has 1 atom stereocenters. The lowest BCUT2D eigenvalue weighted by Gasteiger charge is -2.17. The lowest BCUT2D eigenvalue weighted by Crippen LogP contribution is -2.28. The topological polar surface area (TPSA) is 64.6 Å². The van der Waals surface area contributed by atoms with Gasteiger partial charge in [-0.1, -0.05) is 0 Å². The number of rotatable bonds is 2. The highest BCUT2D eigenvalue weighted by Gasteiger charge is 2.27. The van der Waals surface area contributed by atoms with Crippen LogP contribution in [0.4, 0.5) is 4.79 Å². The Morgan fingerprint density at radius 1 is 1.64 bits per heavy atom. The van der Waals surface area contributed by atoms with Gasteiger partial charge in [-0.05, 0) is 20.8 Å². The van der Waals surface area contributed by atoms with Crippen molar-refractivity contribution < 1.29 is 19.1 Å². The third-order valence-electron chi connectivity index (χ3n) is 1.76. The number of hydrogen-bond acceptors (Lipinski definition) is 4. The Hall–Kier alpha value is -1.26. The summed E-state index contributed by atoms with van der Waals surface area (Å²) in [6, 6.07) is 0. The van der Waals surface area contributed by atoms with Crippen LogP contribution in [0.25, 0.3) is 0 Å². The van der Waals surface area contributed by atoms with Gasteiger partial charge in [0.05, 0.1) is 12.0 Å². The molecule has 5 heteroatoms. The summed E-state index contributed by atoms with van der Waals surface area (Å²) in [5.41, 5.74) is -0.518. The van der Waals surface area contributed by atoms with Crippen LogP contribution in [-0.2, 0) is 14.3 Å². The van der Waals surface area contributed by atoms with E-state index in [0.717, 1.165) is 0 Å². The molecule has 0 radical (unpaired) electrons. The summed E-state index contributed by atoms with van der Waals surface area (Å²) in [6.45, 7) is 5.84. The number of nitrogens with one attached hydrogen (secondary N) is 1. The van der Waals surface area contributed by atoms with Crippen LogP contribution in [-0.4, -0.2) is 31.3 Å². The van der Waals surface area contributed by atoms with Gasteiger partial charge in [0.2, 0.25) is 0 Å². The molecule has 1 rings (SSSR count). The first-order chi connectivity index (χ1) is 6.39. The van der Waals surface area contributed by atoms with E-state index < -0.39 is 11.5 Å². The van der Waals surface area contributed by atoms with Crippen LogP contribution in [0.3, 0.4) is 0 Å². The molecule has 1 aliphatic heterocycles. The highest BCUT2D eigenvalue weighted by atomic mass is 16.6. The Bertz CT molecular complexity index is 244. The summed E-state index contributed by atoms with van der Waals surface area (Å²) in [4.78, 5) is 21.9. The van der Waals surface area contributed by atoms with Crippen molar-refractivity contribution in [3.63, 3.8) is 0 Å². The third-order valence-corrected chi connectivity index (χ3v) is 1.76. The molecule has 1 fully saturated rings. The molecule has 1 heterocycles. The van der Waals surface area contributed by atoms with E-state index in [1.165, 1.54) is 0 Å². The lowest BCUT2D eigenvalue weighted by atomic mass is 9.97. The molecule has 0 aromatic rings. The van der Waals surface area contributed by atoms with Crippen LogP contribution in [0.15, 0.2) is 0 Å². The second-order valence-corrected chi connectivity index (χ2v) is 4.26. The molecule has 0 aromatic carbocycles. The zero-order valence-electron chi connectivity index (χ0n) is 8.62.